The van der Waals surface area contributed by atoms with E-state index in [-0.39, 0.29) is 18.8 Å². The van der Waals surface area contributed by atoms with Gasteiger partial charge in [-0.05, 0) is 12.8 Å². The average Bonchev–Trinajstić information content (AvgIpc) is 2.86. The van der Waals surface area contributed by atoms with E-state index in [2.05, 4.69) is 10.4 Å². The van der Waals surface area contributed by atoms with E-state index in [0.717, 1.165) is 18.4 Å². The molecule has 1 aliphatic rings. The van der Waals surface area contributed by atoms with Gasteiger partial charge in [-0.1, -0.05) is 0 Å². The third-order valence-corrected chi connectivity index (χ3v) is 3.44. The van der Waals surface area contributed by atoms with Gasteiger partial charge in [0.15, 0.2) is 0 Å². The first-order valence-corrected chi connectivity index (χ1v) is 6.34. The summed E-state index contributed by atoms with van der Waals surface area (Å²) in [7, 11) is 0. The fourth-order valence-electron chi connectivity index (χ4n) is 2.16. The summed E-state index contributed by atoms with van der Waals surface area (Å²) in [6, 6.07) is 0. The van der Waals surface area contributed by atoms with Gasteiger partial charge in [-0.25, -0.2) is 0 Å². The van der Waals surface area contributed by atoms with Crippen molar-refractivity contribution < 1.29 is 14.9 Å². The minimum atomic E-state index is -0.225. The minimum Gasteiger partial charge on any atom is -0.394 e. The van der Waals surface area contributed by atoms with Crippen molar-refractivity contribution in [1.82, 2.24) is 15.1 Å². The van der Waals surface area contributed by atoms with E-state index in [1.807, 2.05) is 6.20 Å². The lowest BCUT2D eigenvalue weighted by atomic mass is 9.91. The average molecular weight is 255 g/mol. The molecule has 1 saturated heterocycles. The maximum absolute atomic E-state index is 9.54. The molecule has 3 N–H and O–H groups in total. The Bertz CT molecular complexity index is 361. The van der Waals surface area contributed by atoms with Crippen LogP contribution in [0.3, 0.4) is 0 Å². The lowest BCUT2D eigenvalue weighted by molar-refractivity contribution is 0.0111. The molecule has 0 amide bonds. The van der Waals surface area contributed by atoms with Crippen molar-refractivity contribution in [3.63, 3.8) is 0 Å². The molecule has 1 fully saturated rings. The van der Waals surface area contributed by atoms with Gasteiger partial charge in [-0.15, -0.1) is 0 Å². The molecule has 0 aliphatic carbocycles. The van der Waals surface area contributed by atoms with Crippen molar-refractivity contribution in [3.05, 3.63) is 18.0 Å². The number of aromatic nitrogens is 2. The minimum absolute atomic E-state index is 0.0897. The summed E-state index contributed by atoms with van der Waals surface area (Å²) in [6.07, 6.45) is 5.35. The van der Waals surface area contributed by atoms with E-state index in [9.17, 15) is 5.11 Å². The number of ether oxygens (including phenoxy) is 1. The quantitative estimate of drug-likeness (QED) is 0.639. The lowest BCUT2D eigenvalue weighted by Gasteiger charge is -2.36. The molecule has 2 rings (SSSR count). The van der Waals surface area contributed by atoms with Crippen LogP contribution in [0.4, 0.5) is 0 Å². The molecule has 1 aliphatic heterocycles. The zero-order valence-electron chi connectivity index (χ0n) is 10.5. The van der Waals surface area contributed by atoms with Crippen LogP contribution in [0, 0.1) is 0 Å². The SMILES string of the molecule is OCCn1cc(CNC2(CO)CCOCC2)cn1. The fraction of sp³-hybridized carbons (Fsp3) is 0.750. The highest BCUT2D eigenvalue weighted by Crippen LogP contribution is 2.20. The Morgan fingerprint density at radius 2 is 2.17 bits per heavy atom. The van der Waals surface area contributed by atoms with Crippen LogP contribution in [0.5, 0.6) is 0 Å². The number of aliphatic hydroxyl groups is 2. The highest BCUT2D eigenvalue weighted by molar-refractivity contribution is 5.05. The first-order chi connectivity index (χ1) is 8.78. The molecule has 0 bridgehead atoms. The summed E-state index contributed by atoms with van der Waals surface area (Å²) < 4.78 is 7.03. The summed E-state index contributed by atoms with van der Waals surface area (Å²) in [5.41, 5.74) is 0.833. The van der Waals surface area contributed by atoms with Gasteiger partial charge in [0.1, 0.15) is 0 Å². The van der Waals surface area contributed by atoms with E-state index >= 15 is 0 Å². The highest BCUT2D eigenvalue weighted by atomic mass is 16.5. The zero-order chi connectivity index (χ0) is 12.8. The Morgan fingerprint density at radius 1 is 1.39 bits per heavy atom. The van der Waals surface area contributed by atoms with E-state index in [1.54, 1.807) is 10.9 Å². The smallest absolute Gasteiger partial charge is 0.0640 e. The van der Waals surface area contributed by atoms with Gasteiger partial charge >= 0.3 is 0 Å². The van der Waals surface area contributed by atoms with Crippen LogP contribution in [0.25, 0.3) is 0 Å². The standard InChI is InChI=1S/C12H21N3O3/c16-4-3-15-9-11(8-14-15)7-13-12(10-17)1-5-18-6-2-12/h8-9,13,16-17H,1-7,10H2. The summed E-state index contributed by atoms with van der Waals surface area (Å²) in [5, 5.41) is 25.9. The second-order valence-electron chi connectivity index (χ2n) is 4.74. The molecular weight excluding hydrogens is 234 g/mol. The topological polar surface area (TPSA) is 79.5 Å². The molecule has 1 aromatic heterocycles. The molecule has 2 heterocycles. The fourth-order valence-corrected chi connectivity index (χ4v) is 2.16. The van der Waals surface area contributed by atoms with E-state index in [4.69, 9.17) is 9.84 Å². The summed E-state index contributed by atoms with van der Waals surface area (Å²) >= 11 is 0. The second kappa shape index (κ2) is 6.29. The van der Waals surface area contributed by atoms with Crippen LogP contribution >= 0.6 is 0 Å². The van der Waals surface area contributed by atoms with E-state index in [0.29, 0.717) is 26.3 Å². The van der Waals surface area contributed by atoms with Crippen LogP contribution in [0.2, 0.25) is 0 Å². The monoisotopic (exact) mass is 255 g/mol. The molecule has 1 aromatic rings. The number of rotatable bonds is 6. The van der Waals surface area contributed by atoms with Crippen LogP contribution in [-0.4, -0.2) is 52.0 Å². The van der Waals surface area contributed by atoms with Crippen LogP contribution < -0.4 is 5.32 Å². The maximum Gasteiger partial charge on any atom is 0.0640 e. The molecule has 0 radical (unpaired) electrons. The lowest BCUT2D eigenvalue weighted by Crippen LogP contribution is -2.51. The van der Waals surface area contributed by atoms with E-state index in [1.165, 1.54) is 0 Å². The van der Waals surface area contributed by atoms with Gasteiger partial charge in [0.2, 0.25) is 0 Å². The zero-order valence-corrected chi connectivity index (χ0v) is 10.5. The van der Waals surface area contributed by atoms with E-state index < -0.39 is 0 Å². The third kappa shape index (κ3) is 3.29. The van der Waals surface area contributed by atoms with Gasteiger partial charge in [-0.2, -0.15) is 5.10 Å². The first-order valence-electron chi connectivity index (χ1n) is 6.34. The van der Waals surface area contributed by atoms with Gasteiger partial charge in [0, 0.05) is 37.1 Å². The van der Waals surface area contributed by atoms with Crippen molar-refractivity contribution in [2.75, 3.05) is 26.4 Å². The molecule has 6 nitrogen and oxygen atoms in total. The van der Waals surface area contributed by atoms with Gasteiger partial charge in [-0.3, -0.25) is 4.68 Å². The van der Waals surface area contributed by atoms with Crippen molar-refractivity contribution in [2.24, 2.45) is 0 Å². The van der Waals surface area contributed by atoms with Crippen molar-refractivity contribution in [1.29, 1.82) is 0 Å². The molecule has 0 aromatic carbocycles. The number of nitrogens with one attached hydrogen (secondary N) is 1. The molecule has 0 spiro atoms. The maximum atomic E-state index is 9.54. The third-order valence-electron chi connectivity index (χ3n) is 3.44. The van der Waals surface area contributed by atoms with Crippen LogP contribution in [0.15, 0.2) is 12.4 Å². The summed E-state index contributed by atoms with van der Waals surface area (Å²) in [5.74, 6) is 0. The van der Waals surface area contributed by atoms with Crippen molar-refractivity contribution in [2.45, 2.75) is 31.5 Å². The second-order valence-corrected chi connectivity index (χ2v) is 4.74. The summed E-state index contributed by atoms with van der Waals surface area (Å²) in [4.78, 5) is 0. The largest absolute Gasteiger partial charge is 0.394 e. The van der Waals surface area contributed by atoms with Gasteiger partial charge < -0.3 is 20.3 Å². The predicted octanol–water partition coefficient (Wildman–Crippen LogP) is -0.493. The predicted molar refractivity (Wildman–Crippen MR) is 66.0 cm³/mol. The molecule has 6 heteroatoms. The normalized spacial score (nSPS) is 19.0. The van der Waals surface area contributed by atoms with Crippen molar-refractivity contribution in [3.8, 4) is 0 Å². The van der Waals surface area contributed by atoms with Crippen LogP contribution in [0.1, 0.15) is 18.4 Å². The van der Waals surface area contributed by atoms with Gasteiger partial charge in [0.05, 0.1) is 26.0 Å². The Balaban J connectivity index is 1.88. The number of aliphatic hydroxyl groups excluding tert-OH is 2. The van der Waals surface area contributed by atoms with Crippen molar-refractivity contribution >= 4 is 0 Å². The Hall–Kier alpha value is -0.950. The highest BCUT2D eigenvalue weighted by Gasteiger charge is 2.31. The number of hydrogen-bond donors (Lipinski definition) is 3. The number of hydrogen-bond acceptors (Lipinski definition) is 5. The van der Waals surface area contributed by atoms with Crippen LogP contribution in [-0.2, 0) is 17.8 Å². The molecule has 0 unspecified atom stereocenters. The molecule has 0 saturated carbocycles. The molecule has 18 heavy (non-hydrogen) atoms. The van der Waals surface area contributed by atoms with Gasteiger partial charge in [0.25, 0.3) is 0 Å². The first kappa shape index (κ1) is 13.5. The Morgan fingerprint density at radius 3 is 2.83 bits per heavy atom. The molecule has 0 atom stereocenters. The Labute approximate surface area is 107 Å². The molecule has 102 valence electrons. The molecular formula is C12H21N3O3. The summed E-state index contributed by atoms with van der Waals surface area (Å²) in [6.45, 7) is 2.78. The number of nitrogens with zero attached hydrogens (tertiary/aromatic N) is 2. The Kier molecular flexibility index (Phi) is 4.71.